The van der Waals surface area contributed by atoms with Crippen LogP contribution in [0.5, 0.6) is 0 Å². The Morgan fingerprint density at radius 1 is 1.36 bits per heavy atom. The third kappa shape index (κ3) is 4.65. The molecule has 1 aliphatic heterocycles. The van der Waals surface area contributed by atoms with Crippen molar-refractivity contribution in [3.8, 4) is 0 Å². The fourth-order valence-electron chi connectivity index (χ4n) is 3.47. The first-order valence-electron chi connectivity index (χ1n) is 9.31. The summed E-state index contributed by atoms with van der Waals surface area (Å²) in [7, 11) is 0. The van der Waals surface area contributed by atoms with Crippen molar-refractivity contribution in [1.29, 1.82) is 0 Å². The number of unbranched alkanes of at least 4 members (excludes halogenated alkanes) is 1. The molecule has 1 unspecified atom stereocenters. The molecule has 2 aromatic heterocycles. The van der Waals surface area contributed by atoms with Crippen molar-refractivity contribution < 1.29 is 9.21 Å². The monoisotopic (exact) mass is 344 g/mol. The van der Waals surface area contributed by atoms with Crippen LogP contribution in [0.2, 0.25) is 0 Å². The third-order valence-corrected chi connectivity index (χ3v) is 4.91. The van der Waals surface area contributed by atoms with Gasteiger partial charge >= 0.3 is 6.03 Å². The van der Waals surface area contributed by atoms with Crippen LogP contribution in [0, 0.1) is 6.92 Å². The van der Waals surface area contributed by atoms with Crippen LogP contribution in [0.25, 0.3) is 0 Å². The lowest BCUT2D eigenvalue weighted by Gasteiger charge is -2.28. The van der Waals surface area contributed by atoms with Crippen molar-refractivity contribution in [3.05, 3.63) is 42.4 Å². The molecule has 25 heavy (non-hydrogen) atoms. The zero-order valence-corrected chi connectivity index (χ0v) is 15.0. The molecule has 3 heterocycles. The Labute approximate surface area is 149 Å². The van der Waals surface area contributed by atoms with Crippen LogP contribution >= 0.6 is 0 Å². The van der Waals surface area contributed by atoms with Crippen LogP contribution in [-0.2, 0) is 6.54 Å². The lowest BCUT2D eigenvalue weighted by Crippen LogP contribution is -2.42. The van der Waals surface area contributed by atoms with E-state index in [9.17, 15) is 4.79 Å². The quantitative estimate of drug-likeness (QED) is 0.809. The number of likely N-dealkylation sites (tertiary alicyclic amines) is 1. The number of carbonyl (C=O) groups excluding carboxylic acids is 1. The average molecular weight is 344 g/mol. The average Bonchev–Trinajstić information content (AvgIpc) is 3.21. The number of carbonyl (C=O) groups is 1. The van der Waals surface area contributed by atoms with Crippen molar-refractivity contribution in [3.63, 3.8) is 0 Å². The second-order valence-electron chi connectivity index (χ2n) is 6.68. The molecular formula is C19H28N4O2. The molecule has 0 bridgehead atoms. The van der Waals surface area contributed by atoms with E-state index in [4.69, 9.17) is 4.42 Å². The van der Waals surface area contributed by atoms with E-state index < -0.39 is 0 Å². The molecule has 2 aromatic rings. The number of imidazole rings is 1. The van der Waals surface area contributed by atoms with Crippen LogP contribution in [0.15, 0.2) is 35.2 Å². The Morgan fingerprint density at radius 2 is 2.28 bits per heavy atom. The Hall–Kier alpha value is -2.24. The Balaban J connectivity index is 1.46. The summed E-state index contributed by atoms with van der Waals surface area (Å²) in [6, 6.07) is 3.96. The number of aryl methyl sites for hydroxylation is 2. The van der Waals surface area contributed by atoms with E-state index in [0.29, 0.717) is 6.54 Å². The van der Waals surface area contributed by atoms with Gasteiger partial charge in [-0.05, 0) is 44.7 Å². The molecule has 1 saturated heterocycles. The van der Waals surface area contributed by atoms with Crippen LogP contribution in [0.1, 0.15) is 56.2 Å². The first-order valence-corrected chi connectivity index (χ1v) is 9.31. The van der Waals surface area contributed by atoms with Gasteiger partial charge in [0.15, 0.2) is 0 Å². The SMILES string of the molecule is Cc1nccn1CCCCNC(=O)N1CCCCCC1c1ccco1. The van der Waals surface area contributed by atoms with Gasteiger partial charge in [0.2, 0.25) is 0 Å². The number of nitrogens with zero attached hydrogens (tertiary/aromatic N) is 3. The van der Waals surface area contributed by atoms with Gasteiger partial charge < -0.3 is 19.2 Å². The first kappa shape index (κ1) is 17.6. The molecule has 0 aromatic carbocycles. The molecule has 2 amide bonds. The molecule has 3 rings (SSSR count). The Morgan fingerprint density at radius 3 is 3.04 bits per heavy atom. The molecule has 0 saturated carbocycles. The summed E-state index contributed by atoms with van der Waals surface area (Å²) in [6.07, 6.45) is 11.8. The fourth-order valence-corrected chi connectivity index (χ4v) is 3.47. The number of nitrogens with one attached hydrogen (secondary N) is 1. The van der Waals surface area contributed by atoms with Gasteiger partial charge in [0.05, 0.1) is 12.3 Å². The number of furan rings is 1. The van der Waals surface area contributed by atoms with Crippen LogP contribution < -0.4 is 5.32 Å². The molecule has 0 aliphatic carbocycles. The lowest BCUT2D eigenvalue weighted by atomic mass is 10.1. The van der Waals surface area contributed by atoms with Crippen molar-refractivity contribution in [2.75, 3.05) is 13.1 Å². The largest absolute Gasteiger partial charge is 0.467 e. The van der Waals surface area contributed by atoms with Gasteiger partial charge in [0, 0.05) is 32.0 Å². The van der Waals surface area contributed by atoms with E-state index in [1.54, 1.807) is 6.26 Å². The van der Waals surface area contributed by atoms with Gasteiger partial charge in [0.1, 0.15) is 11.6 Å². The van der Waals surface area contributed by atoms with Gasteiger partial charge in [0.25, 0.3) is 0 Å². The maximum atomic E-state index is 12.7. The van der Waals surface area contributed by atoms with E-state index in [1.165, 1.54) is 6.42 Å². The number of amides is 2. The number of aromatic nitrogens is 2. The molecule has 6 heteroatoms. The zero-order chi connectivity index (χ0) is 17.5. The number of rotatable bonds is 6. The highest BCUT2D eigenvalue weighted by molar-refractivity contribution is 5.74. The van der Waals surface area contributed by atoms with Crippen molar-refractivity contribution in [2.45, 2.75) is 58.0 Å². The Kier molecular flexibility index (Phi) is 6.14. The predicted octanol–water partition coefficient (Wildman–Crippen LogP) is 3.89. The topological polar surface area (TPSA) is 63.3 Å². The van der Waals surface area contributed by atoms with E-state index in [0.717, 1.165) is 56.8 Å². The van der Waals surface area contributed by atoms with Crippen molar-refractivity contribution in [1.82, 2.24) is 19.8 Å². The van der Waals surface area contributed by atoms with Crippen LogP contribution in [0.4, 0.5) is 4.79 Å². The fraction of sp³-hybridized carbons (Fsp3) is 0.579. The number of hydrogen-bond donors (Lipinski definition) is 1. The standard InChI is InChI=1S/C19H28N4O2/c1-16-20-11-14-22(16)12-6-4-10-21-19(24)23-13-5-2-3-8-17(23)18-9-7-15-25-18/h7,9,11,14-15,17H,2-6,8,10,12-13H2,1H3,(H,21,24). The zero-order valence-electron chi connectivity index (χ0n) is 15.0. The normalized spacial score (nSPS) is 18.1. The highest BCUT2D eigenvalue weighted by Gasteiger charge is 2.28. The summed E-state index contributed by atoms with van der Waals surface area (Å²) in [6.45, 7) is 4.45. The molecule has 1 N–H and O–H groups in total. The van der Waals surface area contributed by atoms with Gasteiger partial charge in [-0.25, -0.2) is 9.78 Å². The highest BCUT2D eigenvalue weighted by atomic mass is 16.3. The van der Waals surface area contributed by atoms with Gasteiger partial charge in [-0.2, -0.15) is 0 Å². The van der Waals surface area contributed by atoms with Gasteiger partial charge in [-0.1, -0.05) is 12.8 Å². The van der Waals surface area contributed by atoms with Crippen molar-refractivity contribution >= 4 is 6.03 Å². The molecule has 136 valence electrons. The predicted molar refractivity (Wildman–Crippen MR) is 96.2 cm³/mol. The molecule has 1 atom stereocenters. The third-order valence-electron chi connectivity index (χ3n) is 4.91. The molecule has 0 radical (unpaired) electrons. The maximum absolute atomic E-state index is 12.7. The summed E-state index contributed by atoms with van der Waals surface area (Å²) in [5.74, 6) is 1.93. The van der Waals surface area contributed by atoms with Crippen LogP contribution in [0.3, 0.4) is 0 Å². The first-order chi connectivity index (χ1) is 12.3. The van der Waals surface area contributed by atoms with Gasteiger partial charge in [-0.3, -0.25) is 0 Å². The molecular weight excluding hydrogens is 316 g/mol. The van der Waals surface area contributed by atoms with E-state index in [-0.39, 0.29) is 12.1 Å². The highest BCUT2D eigenvalue weighted by Crippen LogP contribution is 2.30. The minimum atomic E-state index is 0.0297. The van der Waals surface area contributed by atoms with E-state index in [1.807, 2.05) is 36.4 Å². The number of urea groups is 1. The summed E-state index contributed by atoms with van der Waals surface area (Å²) in [4.78, 5) is 18.8. The second kappa shape index (κ2) is 8.74. The molecule has 1 aliphatic rings. The maximum Gasteiger partial charge on any atom is 0.318 e. The second-order valence-corrected chi connectivity index (χ2v) is 6.68. The van der Waals surface area contributed by atoms with E-state index in [2.05, 4.69) is 14.9 Å². The summed E-state index contributed by atoms with van der Waals surface area (Å²) in [5, 5.41) is 3.09. The molecule has 1 fully saturated rings. The smallest absolute Gasteiger partial charge is 0.318 e. The summed E-state index contributed by atoms with van der Waals surface area (Å²) >= 11 is 0. The van der Waals surface area contributed by atoms with E-state index >= 15 is 0 Å². The summed E-state index contributed by atoms with van der Waals surface area (Å²) in [5.41, 5.74) is 0. The summed E-state index contributed by atoms with van der Waals surface area (Å²) < 4.78 is 7.72. The number of hydrogen-bond acceptors (Lipinski definition) is 3. The Bertz CT molecular complexity index is 650. The van der Waals surface area contributed by atoms with Gasteiger partial charge in [-0.15, -0.1) is 0 Å². The molecule has 6 nitrogen and oxygen atoms in total. The minimum absolute atomic E-state index is 0.0297. The molecule has 0 spiro atoms. The minimum Gasteiger partial charge on any atom is -0.467 e. The lowest BCUT2D eigenvalue weighted by molar-refractivity contribution is 0.166. The van der Waals surface area contributed by atoms with Crippen LogP contribution in [-0.4, -0.2) is 33.6 Å². The van der Waals surface area contributed by atoms with Crippen molar-refractivity contribution in [2.24, 2.45) is 0 Å².